The molecule has 1 aliphatic heterocycles. The maximum Gasteiger partial charge on any atom is 0.229 e. The van der Waals surface area contributed by atoms with Crippen molar-refractivity contribution in [2.24, 2.45) is 5.92 Å². The Morgan fingerprint density at radius 1 is 1.24 bits per heavy atom. The van der Waals surface area contributed by atoms with E-state index in [9.17, 15) is 4.79 Å². The molecular weight excluding hydrogens is 361 g/mol. The Kier molecular flexibility index (Phi) is 5.40. The van der Waals surface area contributed by atoms with Crippen molar-refractivity contribution in [3.8, 4) is 11.5 Å². The van der Waals surface area contributed by atoms with Crippen molar-refractivity contribution in [2.45, 2.75) is 13.0 Å². The van der Waals surface area contributed by atoms with Gasteiger partial charge in [0.05, 0.1) is 13.0 Å². The fraction of sp³-hybridized carbons (Fsp3) is 0.316. The van der Waals surface area contributed by atoms with Crippen LogP contribution in [0.15, 0.2) is 36.4 Å². The van der Waals surface area contributed by atoms with Gasteiger partial charge in [-0.3, -0.25) is 4.79 Å². The van der Waals surface area contributed by atoms with Crippen molar-refractivity contribution in [1.29, 1.82) is 0 Å². The summed E-state index contributed by atoms with van der Waals surface area (Å²) in [5.74, 6) is 1.29. The first kappa shape index (κ1) is 17.9. The highest BCUT2D eigenvalue weighted by molar-refractivity contribution is 6.31. The smallest absolute Gasteiger partial charge is 0.229 e. The topological polar surface area (TPSA) is 38.8 Å². The van der Waals surface area contributed by atoms with Gasteiger partial charge < -0.3 is 14.4 Å². The Balaban J connectivity index is 1.72. The van der Waals surface area contributed by atoms with E-state index >= 15 is 0 Å². The van der Waals surface area contributed by atoms with Crippen molar-refractivity contribution in [3.05, 3.63) is 57.6 Å². The average molecular weight is 380 g/mol. The molecule has 25 heavy (non-hydrogen) atoms. The zero-order valence-electron chi connectivity index (χ0n) is 14.1. The molecule has 0 bridgehead atoms. The number of hydrogen-bond donors (Lipinski definition) is 0. The number of nitrogens with zero attached hydrogens (tertiary/aromatic N) is 1. The quantitative estimate of drug-likeness (QED) is 0.798. The molecule has 3 rings (SSSR count). The van der Waals surface area contributed by atoms with Gasteiger partial charge in [0.25, 0.3) is 0 Å². The zero-order chi connectivity index (χ0) is 18.0. The van der Waals surface area contributed by atoms with E-state index in [0.29, 0.717) is 35.4 Å². The van der Waals surface area contributed by atoms with Gasteiger partial charge in [-0.2, -0.15) is 0 Å². The van der Waals surface area contributed by atoms with Crippen LogP contribution >= 0.6 is 23.2 Å². The first-order chi connectivity index (χ1) is 12.0. The number of amides is 1. The molecule has 0 spiro atoms. The molecule has 1 aliphatic rings. The van der Waals surface area contributed by atoms with Crippen molar-refractivity contribution >= 4 is 29.1 Å². The lowest BCUT2D eigenvalue weighted by Gasteiger charge is -2.28. The van der Waals surface area contributed by atoms with E-state index < -0.39 is 0 Å². The number of ether oxygens (including phenoxy) is 2. The lowest BCUT2D eigenvalue weighted by atomic mass is 9.95. The molecule has 2 aromatic rings. The van der Waals surface area contributed by atoms with Gasteiger partial charge in [0.2, 0.25) is 5.91 Å². The molecule has 0 radical (unpaired) electrons. The molecule has 4 nitrogen and oxygen atoms in total. The third-order valence-electron chi connectivity index (χ3n) is 4.30. The summed E-state index contributed by atoms with van der Waals surface area (Å²) in [4.78, 5) is 14.5. The van der Waals surface area contributed by atoms with Gasteiger partial charge in [-0.15, -0.1) is 0 Å². The number of carbonyl (C=O) groups excluding carboxylic acids is 1. The number of benzene rings is 2. The van der Waals surface area contributed by atoms with Gasteiger partial charge in [-0.25, -0.2) is 0 Å². The summed E-state index contributed by atoms with van der Waals surface area (Å²) in [6.45, 7) is 0.784. The summed E-state index contributed by atoms with van der Waals surface area (Å²) in [6, 6.07) is 10.9. The number of hydrogen-bond acceptors (Lipinski definition) is 3. The number of methoxy groups -OCH3 is 1. The third-order valence-corrected chi connectivity index (χ3v) is 4.77. The highest BCUT2D eigenvalue weighted by Gasteiger charge is 2.28. The fourth-order valence-corrected chi connectivity index (χ4v) is 3.43. The second-order valence-corrected chi connectivity index (χ2v) is 6.99. The summed E-state index contributed by atoms with van der Waals surface area (Å²) in [5.41, 5.74) is 1.83. The number of fused-ring (bicyclic) bond motifs is 1. The lowest BCUT2D eigenvalue weighted by molar-refractivity contribution is -0.136. The van der Waals surface area contributed by atoms with Gasteiger partial charge >= 0.3 is 0 Å². The molecule has 0 N–H and O–H groups in total. The van der Waals surface area contributed by atoms with E-state index in [1.165, 1.54) is 0 Å². The maximum atomic E-state index is 12.8. The van der Waals surface area contributed by atoms with Crippen LogP contribution in [0.2, 0.25) is 10.0 Å². The van der Waals surface area contributed by atoms with Gasteiger partial charge in [0.1, 0.15) is 18.1 Å². The molecule has 0 aliphatic carbocycles. The highest BCUT2D eigenvalue weighted by atomic mass is 35.5. The van der Waals surface area contributed by atoms with Crippen LogP contribution in [-0.4, -0.2) is 31.6 Å². The molecular formula is C19H19Cl2NO3. The summed E-state index contributed by atoms with van der Waals surface area (Å²) in [5, 5.41) is 1.26. The van der Waals surface area contributed by atoms with Crippen molar-refractivity contribution in [2.75, 3.05) is 20.8 Å². The van der Waals surface area contributed by atoms with Crippen LogP contribution in [0.5, 0.6) is 11.5 Å². The zero-order valence-corrected chi connectivity index (χ0v) is 15.6. The largest absolute Gasteiger partial charge is 0.496 e. The lowest BCUT2D eigenvalue weighted by Crippen LogP contribution is -2.38. The van der Waals surface area contributed by atoms with Crippen LogP contribution in [0.25, 0.3) is 0 Å². The number of rotatable bonds is 4. The molecule has 6 heteroatoms. The minimum Gasteiger partial charge on any atom is -0.496 e. The Morgan fingerprint density at radius 3 is 2.72 bits per heavy atom. The van der Waals surface area contributed by atoms with Crippen LogP contribution in [0, 0.1) is 5.92 Å². The van der Waals surface area contributed by atoms with E-state index in [1.54, 1.807) is 37.3 Å². The average Bonchev–Trinajstić information content (AvgIpc) is 2.60. The maximum absolute atomic E-state index is 12.8. The van der Waals surface area contributed by atoms with Crippen molar-refractivity contribution < 1.29 is 14.3 Å². The van der Waals surface area contributed by atoms with E-state index in [1.807, 2.05) is 18.2 Å². The Bertz CT molecular complexity index is 794. The van der Waals surface area contributed by atoms with Crippen LogP contribution in [0.1, 0.15) is 11.1 Å². The number of halogens is 2. The van der Waals surface area contributed by atoms with Gasteiger partial charge in [-0.1, -0.05) is 23.2 Å². The van der Waals surface area contributed by atoms with E-state index in [2.05, 4.69) is 0 Å². The summed E-state index contributed by atoms with van der Waals surface area (Å²) in [7, 11) is 3.38. The standard InChI is InChI=1S/C19H19Cl2NO3/c1-22(10-13-9-16(21)3-5-17(13)24-2)19(23)14-7-12-8-15(20)4-6-18(12)25-11-14/h3-6,8-9,14H,7,10-11H2,1-2H3/t14-/m0/s1. The summed E-state index contributed by atoms with van der Waals surface area (Å²) >= 11 is 12.1. The van der Waals surface area contributed by atoms with Crippen molar-refractivity contribution in [1.82, 2.24) is 4.90 Å². The first-order valence-electron chi connectivity index (χ1n) is 7.96. The molecule has 2 aromatic carbocycles. The Morgan fingerprint density at radius 2 is 1.96 bits per heavy atom. The Labute approximate surface area is 157 Å². The van der Waals surface area contributed by atoms with E-state index in [-0.39, 0.29) is 11.8 Å². The molecule has 1 atom stereocenters. The molecule has 1 heterocycles. The summed E-state index contributed by atoms with van der Waals surface area (Å²) < 4.78 is 11.1. The van der Waals surface area contributed by atoms with Crippen LogP contribution in [0.4, 0.5) is 0 Å². The van der Waals surface area contributed by atoms with Crippen LogP contribution < -0.4 is 9.47 Å². The van der Waals surface area contributed by atoms with Gasteiger partial charge in [0.15, 0.2) is 0 Å². The highest BCUT2D eigenvalue weighted by Crippen LogP contribution is 2.31. The monoisotopic (exact) mass is 379 g/mol. The molecule has 0 aromatic heterocycles. The predicted octanol–water partition coefficient (Wildman–Crippen LogP) is 4.21. The minimum absolute atomic E-state index is 0.0210. The van der Waals surface area contributed by atoms with Gasteiger partial charge in [-0.05, 0) is 48.4 Å². The number of carbonyl (C=O) groups is 1. The summed E-state index contributed by atoms with van der Waals surface area (Å²) in [6.07, 6.45) is 0.617. The molecule has 0 unspecified atom stereocenters. The van der Waals surface area contributed by atoms with E-state index in [4.69, 9.17) is 32.7 Å². The van der Waals surface area contributed by atoms with Crippen LogP contribution in [0.3, 0.4) is 0 Å². The molecule has 1 amide bonds. The van der Waals surface area contributed by atoms with Crippen molar-refractivity contribution in [3.63, 3.8) is 0 Å². The minimum atomic E-state index is -0.235. The van der Waals surface area contributed by atoms with Crippen LogP contribution in [-0.2, 0) is 17.8 Å². The third kappa shape index (κ3) is 4.02. The molecule has 0 saturated carbocycles. The second-order valence-electron chi connectivity index (χ2n) is 6.11. The second kappa shape index (κ2) is 7.54. The first-order valence-corrected chi connectivity index (χ1v) is 8.72. The van der Waals surface area contributed by atoms with E-state index in [0.717, 1.165) is 16.9 Å². The molecule has 0 fully saturated rings. The molecule has 132 valence electrons. The normalized spacial score (nSPS) is 15.9. The predicted molar refractivity (Wildman–Crippen MR) is 98.6 cm³/mol. The Hall–Kier alpha value is -1.91. The SMILES string of the molecule is COc1ccc(Cl)cc1CN(C)C(=O)[C@@H]1COc2ccc(Cl)cc2C1. The van der Waals surface area contributed by atoms with Gasteiger partial charge in [0, 0.05) is 29.2 Å². The molecule has 0 saturated heterocycles. The fourth-order valence-electron chi connectivity index (χ4n) is 3.04.